The number of hydrogen-bond donors (Lipinski definition) is 1. The zero-order chi connectivity index (χ0) is 21.6. The summed E-state index contributed by atoms with van der Waals surface area (Å²) in [5.41, 5.74) is 4.41. The fourth-order valence-electron chi connectivity index (χ4n) is 3.54. The minimum absolute atomic E-state index is 0.0118. The van der Waals surface area contributed by atoms with Gasteiger partial charge in [-0.05, 0) is 53.4 Å². The van der Waals surface area contributed by atoms with Crippen molar-refractivity contribution in [1.82, 2.24) is 15.1 Å². The molecular weight excluding hydrogens is 406 g/mol. The molecule has 1 N–H and O–H groups in total. The fraction of sp³-hybridized carbons (Fsp3) is 0.200. The van der Waals surface area contributed by atoms with Gasteiger partial charge in [-0.25, -0.2) is 0 Å². The van der Waals surface area contributed by atoms with Gasteiger partial charge in [-0.3, -0.25) is 9.48 Å². The van der Waals surface area contributed by atoms with Gasteiger partial charge in [-0.1, -0.05) is 42.5 Å². The van der Waals surface area contributed by atoms with Crippen molar-refractivity contribution in [2.24, 2.45) is 0 Å². The quantitative estimate of drug-likeness (QED) is 0.426. The number of amides is 1. The van der Waals surface area contributed by atoms with Crippen LogP contribution in [0, 0.1) is 0 Å². The molecule has 0 saturated carbocycles. The predicted octanol–water partition coefficient (Wildman–Crippen LogP) is 5.03. The van der Waals surface area contributed by atoms with E-state index in [0.717, 1.165) is 23.3 Å². The molecule has 6 heteroatoms. The number of hydrogen-bond acceptors (Lipinski definition) is 4. The van der Waals surface area contributed by atoms with E-state index >= 15 is 0 Å². The van der Waals surface area contributed by atoms with E-state index < -0.39 is 0 Å². The van der Waals surface area contributed by atoms with Crippen LogP contribution in [-0.4, -0.2) is 28.8 Å². The van der Waals surface area contributed by atoms with Gasteiger partial charge in [0, 0.05) is 17.8 Å². The van der Waals surface area contributed by atoms with Crippen molar-refractivity contribution in [2.75, 3.05) is 7.11 Å². The lowest BCUT2D eigenvalue weighted by Gasteiger charge is -2.13. The SMILES string of the molecule is COc1cccc(-c2nn(Cc3ccccc3)cc2C(=O)NC(C)Cc2ccsc2)c1. The monoisotopic (exact) mass is 431 g/mol. The number of nitrogens with one attached hydrogen (secondary N) is 1. The van der Waals surface area contributed by atoms with Gasteiger partial charge < -0.3 is 10.1 Å². The molecule has 31 heavy (non-hydrogen) atoms. The van der Waals surface area contributed by atoms with E-state index in [0.29, 0.717) is 17.8 Å². The highest BCUT2D eigenvalue weighted by Gasteiger charge is 2.20. The van der Waals surface area contributed by atoms with Crippen LogP contribution in [0.1, 0.15) is 28.4 Å². The number of thiophene rings is 1. The summed E-state index contributed by atoms with van der Waals surface area (Å²) in [5, 5.41) is 12.1. The first-order chi connectivity index (χ1) is 15.1. The average molecular weight is 432 g/mol. The first kappa shape index (κ1) is 20.9. The summed E-state index contributed by atoms with van der Waals surface area (Å²) in [7, 11) is 1.63. The highest BCUT2D eigenvalue weighted by atomic mass is 32.1. The molecule has 0 spiro atoms. The molecule has 2 aromatic heterocycles. The minimum atomic E-state index is -0.125. The van der Waals surface area contributed by atoms with Crippen LogP contribution in [0.25, 0.3) is 11.3 Å². The standard InChI is InChI=1S/C25H25N3O2S/c1-18(13-20-11-12-31-17-20)26-25(29)23-16-28(15-19-7-4-3-5-8-19)27-24(23)21-9-6-10-22(14-21)30-2/h3-12,14,16-18H,13,15H2,1-2H3,(H,26,29). The molecule has 5 nitrogen and oxygen atoms in total. The van der Waals surface area contributed by atoms with Crippen molar-refractivity contribution < 1.29 is 9.53 Å². The zero-order valence-corrected chi connectivity index (χ0v) is 18.4. The number of benzene rings is 2. The van der Waals surface area contributed by atoms with E-state index in [-0.39, 0.29) is 11.9 Å². The number of nitrogens with zero attached hydrogens (tertiary/aromatic N) is 2. The largest absolute Gasteiger partial charge is 0.497 e. The van der Waals surface area contributed by atoms with Crippen molar-refractivity contribution in [3.8, 4) is 17.0 Å². The normalized spacial score (nSPS) is 11.8. The number of carbonyl (C=O) groups is 1. The molecule has 1 unspecified atom stereocenters. The van der Waals surface area contributed by atoms with Gasteiger partial charge in [-0.15, -0.1) is 0 Å². The van der Waals surface area contributed by atoms with Crippen molar-refractivity contribution in [3.63, 3.8) is 0 Å². The molecule has 0 aliphatic heterocycles. The van der Waals surface area contributed by atoms with Crippen molar-refractivity contribution in [3.05, 3.63) is 94.3 Å². The number of aromatic nitrogens is 2. The molecule has 2 heterocycles. The third-order valence-electron chi connectivity index (χ3n) is 5.04. The Kier molecular flexibility index (Phi) is 6.48. The molecule has 4 rings (SSSR count). The summed E-state index contributed by atoms with van der Waals surface area (Å²) in [5.74, 6) is 0.604. The Hall–Kier alpha value is -3.38. The molecular formula is C25H25N3O2S. The highest BCUT2D eigenvalue weighted by molar-refractivity contribution is 7.07. The van der Waals surface area contributed by atoms with Gasteiger partial charge in [0.2, 0.25) is 0 Å². The fourth-order valence-corrected chi connectivity index (χ4v) is 4.22. The third kappa shape index (κ3) is 5.22. The Morgan fingerprint density at radius 2 is 1.97 bits per heavy atom. The summed E-state index contributed by atoms with van der Waals surface area (Å²) in [6.45, 7) is 2.62. The Morgan fingerprint density at radius 3 is 2.71 bits per heavy atom. The Morgan fingerprint density at radius 1 is 1.13 bits per heavy atom. The summed E-state index contributed by atoms with van der Waals surface area (Å²) in [6, 6.07) is 19.8. The lowest BCUT2D eigenvalue weighted by Crippen LogP contribution is -2.34. The lowest BCUT2D eigenvalue weighted by atomic mass is 10.1. The second-order valence-electron chi connectivity index (χ2n) is 7.52. The summed E-state index contributed by atoms with van der Waals surface area (Å²) < 4.78 is 7.19. The van der Waals surface area contributed by atoms with Crippen molar-refractivity contribution in [2.45, 2.75) is 25.9 Å². The average Bonchev–Trinajstić information content (AvgIpc) is 3.44. The minimum Gasteiger partial charge on any atom is -0.497 e. The molecule has 0 radical (unpaired) electrons. The van der Waals surface area contributed by atoms with E-state index in [1.807, 2.05) is 60.3 Å². The topological polar surface area (TPSA) is 56.2 Å². The third-order valence-corrected chi connectivity index (χ3v) is 5.77. The van der Waals surface area contributed by atoms with E-state index in [2.05, 4.69) is 34.3 Å². The Labute approximate surface area is 186 Å². The van der Waals surface area contributed by atoms with Crippen LogP contribution >= 0.6 is 11.3 Å². The van der Waals surface area contributed by atoms with E-state index in [1.54, 1.807) is 18.4 Å². The molecule has 1 amide bonds. The number of rotatable bonds is 8. The maximum absolute atomic E-state index is 13.2. The van der Waals surface area contributed by atoms with E-state index in [4.69, 9.17) is 9.84 Å². The molecule has 0 aliphatic rings. The van der Waals surface area contributed by atoms with Gasteiger partial charge in [0.25, 0.3) is 5.91 Å². The molecule has 1 atom stereocenters. The van der Waals surface area contributed by atoms with Crippen LogP contribution in [0.15, 0.2) is 77.6 Å². The van der Waals surface area contributed by atoms with E-state index in [1.165, 1.54) is 5.56 Å². The van der Waals surface area contributed by atoms with Gasteiger partial charge >= 0.3 is 0 Å². The van der Waals surface area contributed by atoms with E-state index in [9.17, 15) is 4.79 Å². The molecule has 2 aromatic carbocycles. The smallest absolute Gasteiger partial charge is 0.255 e. The van der Waals surface area contributed by atoms with Crippen LogP contribution in [0.5, 0.6) is 5.75 Å². The van der Waals surface area contributed by atoms with Crippen LogP contribution in [-0.2, 0) is 13.0 Å². The number of carbonyl (C=O) groups excluding carboxylic acids is 1. The molecule has 0 saturated heterocycles. The second kappa shape index (κ2) is 9.62. The first-order valence-electron chi connectivity index (χ1n) is 10.2. The second-order valence-corrected chi connectivity index (χ2v) is 8.30. The van der Waals surface area contributed by atoms with Crippen LogP contribution in [0.3, 0.4) is 0 Å². The van der Waals surface area contributed by atoms with Crippen LogP contribution in [0.2, 0.25) is 0 Å². The lowest BCUT2D eigenvalue weighted by molar-refractivity contribution is 0.0940. The Bertz CT molecular complexity index is 1140. The van der Waals surface area contributed by atoms with Crippen LogP contribution in [0.4, 0.5) is 0 Å². The molecule has 0 fully saturated rings. The Balaban J connectivity index is 1.62. The highest BCUT2D eigenvalue weighted by Crippen LogP contribution is 2.26. The maximum Gasteiger partial charge on any atom is 0.255 e. The molecule has 158 valence electrons. The number of methoxy groups -OCH3 is 1. The molecule has 0 aliphatic carbocycles. The zero-order valence-electron chi connectivity index (χ0n) is 17.6. The van der Waals surface area contributed by atoms with Gasteiger partial charge in [0.05, 0.1) is 19.2 Å². The molecule has 0 bridgehead atoms. The molecule has 4 aromatic rings. The van der Waals surface area contributed by atoms with Gasteiger partial charge in [0.15, 0.2) is 0 Å². The number of ether oxygens (including phenoxy) is 1. The van der Waals surface area contributed by atoms with Crippen LogP contribution < -0.4 is 10.1 Å². The van der Waals surface area contributed by atoms with Gasteiger partial charge in [-0.2, -0.15) is 16.4 Å². The maximum atomic E-state index is 13.2. The summed E-state index contributed by atoms with van der Waals surface area (Å²) in [4.78, 5) is 13.2. The summed E-state index contributed by atoms with van der Waals surface area (Å²) >= 11 is 1.67. The van der Waals surface area contributed by atoms with Crippen molar-refractivity contribution in [1.29, 1.82) is 0 Å². The predicted molar refractivity (Wildman–Crippen MR) is 125 cm³/mol. The van der Waals surface area contributed by atoms with Crippen molar-refractivity contribution >= 4 is 17.2 Å². The summed E-state index contributed by atoms with van der Waals surface area (Å²) in [6.07, 6.45) is 2.62. The first-order valence-corrected chi connectivity index (χ1v) is 11.1. The van der Waals surface area contributed by atoms with Gasteiger partial charge in [0.1, 0.15) is 11.4 Å².